The van der Waals surface area contributed by atoms with Gasteiger partial charge in [0.2, 0.25) is 10.0 Å². The maximum atomic E-state index is 13.1. The van der Waals surface area contributed by atoms with Gasteiger partial charge in [-0.15, -0.1) is 12.4 Å². The maximum Gasteiger partial charge on any atom is 0.305 e. The van der Waals surface area contributed by atoms with E-state index < -0.39 is 10.0 Å². The number of esters is 1. The van der Waals surface area contributed by atoms with E-state index in [1.807, 2.05) is 0 Å². The second-order valence-electron chi connectivity index (χ2n) is 8.23. The Kier molecular flexibility index (Phi) is 8.47. The first-order valence-corrected chi connectivity index (χ1v) is 12.5. The van der Waals surface area contributed by atoms with Gasteiger partial charge in [0.25, 0.3) is 5.56 Å². The lowest BCUT2D eigenvalue weighted by atomic mass is 10.0. The van der Waals surface area contributed by atoms with Crippen LogP contribution in [0.15, 0.2) is 52.5 Å². The zero-order chi connectivity index (χ0) is 24.3. The van der Waals surface area contributed by atoms with Gasteiger partial charge < -0.3 is 4.74 Å². The van der Waals surface area contributed by atoms with Crippen LogP contribution < -0.4 is 5.56 Å². The molecule has 0 radical (unpaired) electrons. The van der Waals surface area contributed by atoms with E-state index in [4.69, 9.17) is 4.74 Å². The normalized spacial score (nSPS) is 14.1. The summed E-state index contributed by atoms with van der Waals surface area (Å²) < 4.78 is 33.3. The number of aromatic nitrogens is 4. The van der Waals surface area contributed by atoms with Crippen molar-refractivity contribution in [2.24, 2.45) is 0 Å². The van der Waals surface area contributed by atoms with Gasteiger partial charge in [-0.05, 0) is 43.0 Å². The Morgan fingerprint density at radius 1 is 1.23 bits per heavy atom. The minimum atomic E-state index is -3.67. The molecule has 35 heavy (non-hydrogen) atoms. The Hall–Kier alpha value is -3.02. The number of nitrogens with one attached hydrogen (secondary N) is 1. The molecule has 0 aromatic carbocycles. The molecule has 3 aromatic rings. The molecule has 3 heterocycles. The fourth-order valence-electron chi connectivity index (χ4n) is 4.22. The van der Waals surface area contributed by atoms with Gasteiger partial charge in [0.05, 0.1) is 18.4 Å². The number of aromatic amines is 1. The number of carbonyl (C=O) groups excluding carboxylic acids is 1. The highest BCUT2D eigenvalue weighted by atomic mass is 35.5. The monoisotopic (exact) mass is 521 g/mol. The zero-order valence-corrected chi connectivity index (χ0v) is 21.1. The van der Waals surface area contributed by atoms with Crippen LogP contribution in [0.1, 0.15) is 37.7 Å². The van der Waals surface area contributed by atoms with Crippen LogP contribution in [-0.2, 0) is 26.0 Å². The SMILES string of the molecule is COC(=O)CCc1cccnc1-c1c[nH]n(-c2ccc(S(=O)(=O)N(C)C3CCCC3)cn2)c1=O.Cl. The summed E-state index contributed by atoms with van der Waals surface area (Å²) >= 11 is 0. The quantitative estimate of drug-likeness (QED) is 0.451. The second kappa shape index (κ2) is 11.1. The lowest BCUT2D eigenvalue weighted by molar-refractivity contribution is -0.140. The maximum absolute atomic E-state index is 13.1. The lowest BCUT2D eigenvalue weighted by Crippen LogP contribution is -2.35. The fourth-order valence-corrected chi connectivity index (χ4v) is 5.58. The molecule has 0 unspecified atom stereocenters. The van der Waals surface area contributed by atoms with E-state index in [1.165, 1.54) is 40.6 Å². The van der Waals surface area contributed by atoms with Gasteiger partial charge in [0.15, 0.2) is 5.82 Å². The third kappa shape index (κ3) is 5.47. The summed E-state index contributed by atoms with van der Waals surface area (Å²) in [6.07, 6.45) is 8.68. The van der Waals surface area contributed by atoms with Crippen molar-refractivity contribution in [3.8, 4) is 17.1 Å². The number of carbonyl (C=O) groups is 1. The van der Waals surface area contributed by atoms with Gasteiger partial charge in [-0.1, -0.05) is 18.9 Å². The van der Waals surface area contributed by atoms with Crippen LogP contribution in [-0.4, -0.2) is 58.6 Å². The fraction of sp³-hybridized carbons (Fsp3) is 0.391. The topological polar surface area (TPSA) is 127 Å². The summed E-state index contributed by atoms with van der Waals surface area (Å²) in [5, 5.41) is 2.87. The van der Waals surface area contributed by atoms with Crippen LogP contribution in [0.4, 0.5) is 0 Å². The van der Waals surface area contributed by atoms with Crippen LogP contribution in [0.3, 0.4) is 0 Å². The van der Waals surface area contributed by atoms with Gasteiger partial charge in [0.1, 0.15) is 4.90 Å². The van der Waals surface area contributed by atoms with Gasteiger partial charge in [-0.3, -0.25) is 19.7 Å². The molecule has 188 valence electrons. The third-order valence-corrected chi connectivity index (χ3v) is 8.10. The summed E-state index contributed by atoms with van der Waals surface area (Å²) in [4.78, 5) is 33.3. The van der Waals surface area contributed by atoms with Gasteiger partial charge >= 0.3 is 5.97 Å². The number of sulfonamides is 1. The van der Waals surface area contributed by atoms with Gasteiger partial charge in [-0.25, -0.2) is 18.1 Å². The van der Waals surface area contributed by atoms with E-state index in [-0.39, 0.29) is 47.1 Å². The van der Waals surface area contributed by atoms with Crippen LogP contribution in [0.25, 0.3) is 17.1 Å². The van der Waals surface area contributed by atoms with E-state index in [0.29, 0.717) is 17.7 Å². The molecule has 12 heteroatoms. The molecule has 3 aromatic heterocycles. The summed E-state index contributed by atoms with van der Waals surface area (Å²) in [6, 6.07) is 6.50. The summed E-state index contributed by atoms with van der Waals surface area (Å²) in [5.74, 6) is -0.0927. The van der Waals surface area contributed by atoms with E-state index in [0.717, 1.165) is 31.2 Å². The van der Waals surface area contributed by atoms with E-state index in [9.17, 15) is 18.0 Å². The minimum Gasteiger partial charge on any atom is -0.469 e. The van der Waals surface area contributed by atoms with Crippen molar-refractivity contribution in [3.05, 3.63) is 58.8 Å². The molecule has 1 aliphatic rings. The number of pyridine rings is 2. The molecule has 1 N–H and O–H groups in total. The Morgan fingerprint density at radius 2 is 1.97 bits per heavy atom. The molecule has 0 bridgehead atoms. The molecular weight excluding hydrogens is 494 g/mol. The van der Waals surface area contributed by atoms with Crippen molar-refractivity contribution in [3.63, 3.8) is 0 Å². The number of rotatable bonds is 8. The highest BCUT2D eigenvalue weighted by molar-refractivity contribution is 7.89. The van der Waals surface area contributed by atoms with Crippen LogP contribution in [0, 0.1) is 0 Å². The first kappa shape index (κ1) is 26.6. The molecule has 0 aliphatic heterocycles. The smallest absolute Gasteiger partial charge is 0.305 e. The predicted octanol–water partition coefficient (Wildman–Crippen LogP) is 2.71. The number of halogens is 1. The minimum absolute atomic E-state index is 0. The Bertz CT molecular complexity index is 1330. The average Bonchev–Trinajstić information content (AvgIpc) is 3.52. The highest BCUT2D eigenvalue weighted by Gasteiger charge is 2.30. The molecule has 1 fully saturated rings. The van der Waals surface area contributed by atoms with E-state index in [2.05, 4.69) is 15.1 Å². The molecule has 1 aliphatic carbocycles. The van der Waals surface area contributed by atoms with Crippen LogP contribution >= 0.6 is 12.4 Å². The molecule has 0 amide bonds. The average molecular weight is 522 g/mol. The van der Waals surface area contributed by atoms with Crippen molar-refractivity contribution >= 4 is 28.4 Å². The number of aryl methyl sites for hydroxylation is 1. The van der Waals surface area contributed by atoms with Crippen LogP contribution in [0.2, 0.25) is 0 Å². The Labute approximate surface area is 209 Å². The number of H-pyrrole nitrogens is 1. The number of hydrogen-bond donors (Lipinski definition) is 1. The molecular formula is C23H28ClN5O5S. The molecule has 10 nitrogen and oxygen atoms in total. The van der Waals surface area contributed by atoms with Crippen LogP contribution in [0.5, 0.6) is 0 Å². The van der Waals surface area contributed by atoms with Gasteiger partial charge in [0, 0.05) is 38.1 Å². The van der Waals surface area contributed by atoms with Crippen molar-refractivity contribution in [1.29, 1.82) is 0 Å². The van der Waals surface area contributed by atoms with Crippen molar-refractivity contribution < 1.29 is 17.9 Å². The standard InChI is InChI=1S/C23H27N5O5S.ClH/c1-27(17-7-3-4-8-17)34(31,32)18-10-11-20(25-14-18)28-23(30)19(15-26-28)22-16(6-5-13-24-22)9-12-21(29)33-2;/h5-6,10-11,13-15,17,26H,3-4,7-9,12H2,1-2H3;1H. The molecule has 4 rings (SSSR count). The van der Waals surface area contributed by atoms with E-state index >= 15 is 0 Å². The summed E-state index contributed by atoms with van der Waals surface area (Å²) in [6.45, 7) is 0. The number of ether oxygens (including phenoxy) is 1. The van der Waals surface area contributed by atoms with Crippen molar-refractivity contribution in [2.75, 3.05) is 14.2 Å². The lowest BCUT2D eigenvalue weighted by Gasteiger charge is -2.23. The predicted molar refractivity (Wildman–Crippen MR) is 132 cm³/mol. The number of hydrogen-bond acceptors (Lipinski definition) is 7. The largest absolute Gasteiger partial charge is 0.469 e. The zero-order valence-electron chi connectivity index (χ0n) is 19.5. The van der Waals surface area contributed by atoms with Gasteiger partial charge in [-0.2, -0.15) is 4.31 Å². The first-order valence-electron chi connectivity index (χ1n) is 11.1. The van der Waals surface area contributed by atoms with Crippen molar-refractivity contribution in [2.45, 2.75) is 49.5 Å². The summed E-state index contributed by atoms with van der Waals surface area (Å²) in [7, 11) is -0.735. The highest BCUT2D eigenvalue weighted by Crippen LogP contribution is 2.27. The summed E-state index contributed by atoms with van der Waals surface area (Å²) in [5.41, 5.74) is 1.13. The number of methoxy groups -OCH3 is 1. The second-order valence-corrected chi connectivity index (χ2v) is 10.2. The first-order chi connectivity index (χ1) is 16.3. The molecule has 0 spiro atoms. The molecule has 0 atom stereocenters. The number of nitrogens with zero attached hydrogens (tertiary/aromatic N) is 4. The molecule has 1 saturated carbocycles. The van der Waals surface area contributed by atoms with E-state index in [1.54, 1.807) is 25.4 Å². The molecule has 0 saturated heterocycles. The van der Waals surface area contributed by atoms with Crippen molar-refractivity contribution in [1.82, 2.24) is 24.1 Å². The Balaban J connectivity index is 0.00000342. The third-order valence-electron chi connectivity index (χ3n) is 6.21. The Morgan fingerprint density at radius 3 is 2.63 bits per heavy atom.